The van der Waals surface area contributed by atoms with Crippen LogP contribution in [0.25, 0.3) is 0 Å². The summed E-state index contributed by atoms with van der Waals surface area (Å²) in [6.07, 6.45) is 6.55. The van der Waals surface area contributed by atoms with Crippen molar-refractivity contribution in [3.8, 4) is 0 Å². The summed E-state index contributed by atoms with van der Waals surface area (Å²) in [4.78, 5) is 11.4. The highest BCUT2D eigenvalue weighted by atomic mass is 15.3. The summed E-state index contributed by atoms with van der Waals surface area (Å²) in [5.41, 5.74) is 2.36. The van der Waals surface area contributed by atoms with Gasteiger partial charge in [0, 0.05) is 43.6 Å². The Morgan fingerprint density at radius 3 is 2.79 bits per heavy atom. The quantitative estimate of drug-likeness (QED) is 0.899. The average Bonchev–Trinajstić information content (AvgIpc) is 3.21. The second-order valence-corrected chi connectivity index (χ2v) is 6.48. The van der Waals surface area contributed by atoms with E-state index in [0.717, 1.165) is 36.9 Å². The summed E-state index contributed by atoms with van der Waals surface area (Å²) in [6, 6.07) is 0.565. The summed E-state index contributed by atoms with van der Waals surface area (Å²) in [7, 11) is 0. The summed E-state index contributed by atoms with van der Waals surface area (Å²) in [5, 5.41) is 3.75. The lowest BCUT2D eigenvalue weighted by atomic mass is 9.91. The monoisotopic (exact) mass is 260 g/mol. The van der Waals surface area contributed by atoms with E-state index in [9.17, 15) is 0 Å². The van der Waals surface area contributed by atoms with Gasteiger partial charge in [-0.2, -0.15) is 0 Å². The van der Waals surface area contributed by atoms with Gasteiger partial charge in [0.15, 0.2) is 0 Å². The smallest absolute Gasteiger partial charge is 0.0727 e. The van der Waals surface area contributed by atoms with Crippen LogP contribution >= 0.6 is 0 Å². The summed E-state index contributed by atoms with van der Waals surface area (Å²) in [5.74, 6) is 0.867. The lowest BCUT2D eigenvalue weighted by Gasteiger charge is -2.45. The van der Waals surface area contributed by atoms with Crippen molar-refractivity contribution in [1.29, 1.82) is 0 Å². The molecule has 1 aliphatic carbocycles. The number of nitrogens with zero attached hydrogens (tertiary/aromatic N) is 3. The van der Waals surface area contributed by atoms with Gasteiger partial charge in [0.1, 0.15) is 0 Å². The predicted octanol–water partition coefficient (Wildman–Crippen LogP) is 1.75. The van der Waals surface area contributed by atoms with Crippen molar-refractivity contribution in [2.75, 3.05) is 13.1 Å². The molecule has 2 atom stereocenters. The maximum Gasteiger partial charge on any atom is 0.0727 e. The Bertz CT molecular complexity index is 440. The Kier molecular flexibility index (Phi) is 3.31. The molecule has 0 aromatic carbocycles. The third kappa shape index (κ3) is 2.79. The number of hydrogen-bond acceptors (Lipinski definition) is 4. The first-order valence-electron chi connectivity index (χ1n) is 7.33. The Labute approximate surface area is 115 Å². The van der Waals surface area contributed by atoms with E-state index in [1.54, 1.807) is 0 Å². The Morgan fingerprint density at radius 2 is 2.16 bits per heavy atom. The molecule has 1 aromatic rings. The first kappa shape index (κ1) is 13.0. The van der Waals surface area contributed by atoms with E-state index in [2.05, 4.69) is 34.0 Å². The van der Waals surface area contributed by atoms with Crippen molar-refractivity contribution in [3.05, 3.63) is 23.8 Å². The van der Waals surface area contributed by atoms with E-state index in [1.165, 1.54) is 12.8 Å². The highest BCUT2D eigenvalue weighted by Gasteiger charge is 2.45. The minimum atomic E-state index is 0.296. The van der Waals surface area contributed by atoms with Crippen molar-refractivity contribution >= 4 is 0 Å². The first-order valence-corrected chi connectivity index (χ1v) is 7.33. The molecule has 104 valence electrons. The van der Waals surface area contributed by atoms with Crippen LogP contribution in [-0.2, 0) is 6.54 Å². The number of aromatic nitrogens is 2. The minimum absolute atomic E-state index is 0.296. The topological polar surface area (TPSA) is 41.1 Å². The van der Waals surface area contributed by atoms with Crippen LogP contribution in [0.3, 0.4) is 0 Å². The van der Waals surface area contributed by atoms with E-state index in [-0.39, 0.29) is 0 Å². The molecular formula is C15H24N4. The normalized spacial score (nSPS) is 32.5. The fourth-order valence-electron chi connectivity index (χ4n) is 3.06. The van der Waals surface area contributed by atoms with Gasteiger partial charge in [-0.1, -0.05) is 0 Å². The van der Waals surface area contributed by atoms with Crippen LogP contribution in [-0.4, -0.2) is 39.5 Å². The standard InChI is InChI=1S/C15H24N4/c1-11-6-17-14(8-16-11)9-19-10-15(3,13-4-5-13)18-7-12(19)2/h6,8,12-13,18H,4-5,7,9-10H2,1-3H3. The third-order valence-electron chi connectivity index (χ3n) is 4.63. The second-order valence-electron chi connectivity index (χ2n) is 6.48. The van der Waals surface area contributed by atoms with Gasteiger partial charge < -0.3 is 5.32 Å². The van der Waals surface area contributed by atoms with Gasteiger partial charge in [0.25, 0.3) is 0 Å². The fourth-order valence-corrected chi connectivity index (χ4v) is 3.06. The molecule has 2 unspecified atom stereocenters. The van der Waals surface area contributed by atoms with Crippen LogP contribution in [0.2, 0.25) is 0 Å². The molecule has 4 nitrogen and oxygen atoms in total. The minimum Gasteiger partial charge on any atom is -0.308 e. The van der Waals surface area contributed by atoms with Crippen molar-refractivity contribution < 1.29 is 0 Å². The van der Waals surface area contributed by atoms with E-state index in [1.807, 2.05) is 19.3 Å². The lowest BCUT2D eigenvalue weighted by Crippen LogP contribution is -2.62. The number of nitrogens with one attached hydrogen (secondary N) is 1. The molecule has 2 heterocycles. The zero-order valence-electron chi connectivity index (χ0n) is 12.2. The zero-order chi connectivity index (χ0) is 13.5. The summed E-state index contributed by atoms with van der Waals surface area (Å²) < 4.78 is 0. The van der Waals surface area contributed by atoms with Crippen LogP contribution < -0.4 is 5.32 Å². The molecule has 1 aromatic heterocycles. The molecular weight excluding hydrogens is 236 g/mol. The van der Waals surface area contributed by atoms with Crippen LogP contribution in [0.5, 0.6) is 0 Å². The van der Waals surface area contributed by atoms with Gasteiger partial charge in [-0.3, -0.25) is 14.9 Å². The molecule has 4 heteroatoms. The molecule has 1 saturated carbocycles. The van der Waals surface area contributed by atoms with Crippen molar-refractivity contribution in [3.63, 3.8) is 0 Å². The highest BCUT2D eigenvalue weighted by Crippen LogP contribution is 2.41. The van der Waals surface area contributed by atoms with E-state index in [0.29, 0.717) is 11.6 Å². The van der Waals surface area contributed by atoms with Gasteiger partial charge in [-0.25, -0.2) is 0 Å². The average molecular weight is 260 g/mol. The van der Waals surface area contributed by atoms with Crippen molar-refractivity contribution in [2.24, 2.45) is 5.92 Å². The molecule has 0 bridgehead atoms. The van der Waals surface area contributed by atoms with Crippen LogP contribution in [0.15, 0.2) is 12.4 Å². The van der Waals surface area contributed by atoms with Crippen LogP contribution in [0.4, 0.5) is 0 Å². The van der Waals surface area contributed by atoms with Crippen molar-refractivity contribution in [1.82, 2.24) is 20.2 Å². The number of piperazine rings is 1. The van der Waals surface area contributed by atoms with E-state index in [4.69, 9.17) is 0 Å². The first-order chi connectivity index (χ1) is 9.07. The highest BCUT2D eigenvalue weighted by molar-refractivity contribution is 5.06. The van der Waals surface area contributed by atoms with Gasteiger partial charge in [-0.15, -0.1) is 0 Å². The molecule has 2 fully saturated rings. The largest absolute Gasteiger partial charge is 0.308 e. The van der Waals surface area contributed by atoms with E-state index < -0.39 is 0 Å². The maximum absolute atomic E-state index is 4.49. The van der Waals surface area contributed by atoms with Crippen LogP contribution in [0.1, 0.15) is 38.1 Å². The molecule has 0 amide bonds. The molecule has 3 rings (SSSR count). The number of hydrogen-bond donors (Lipinski definition) is 1. The molecule has 1 saturated heterocycles. The SMILES string of the molecule is Cc1cnc(CN2CC(C)(C3CC3)NCC2C)cn1. The maximum atomic E-state index is 4.49. The molecule has 1 aliphatic heterocycles. The summed E-state index contributed by atoms with van der Waals surface area (Å²) in [6.45, 7) is 9.76. The van der Waals surface area contributed by atoms with Gasteiger partial charge >= 0.3 is 0 Å². The Hall–Kier alpha value is -1.00. The zero-order valence-corrected chi connectivity index (χ0v) is 12.2. The molecule has 0 spiro atoms. The fraction of sp³-hybridized carbons (Fsp3) is 0.733. The molecule has 0 radical (unpaired) electrons. The Morgan fingerprint density at radius 1 is 1.37 bits per heavy atom. The van der Waals surface area contributed by atoms with Crippen LogP contribution in [0, 0.1) is 12.8 Å². The van der Waals surface area contributed by atoms with Gasteiger partial charge in [-0.05, 0) is 39.5 Å². The molecule has 19 heavy (non-hydrogen) atoms. The van der Waals surface area contributed by atoms with Gasteiger partial charge in [0.05, 0.1) is 11.4 Å². The Balaban J connectivity index is 1.69. The lowest BCUT2D eigenvalue weighted by molar-refractivity contribution is 0.0759. The second kappa shape index (κ2) is 4.84. The van der Waals surface area contributed by atoms with Crippen molar-refractivity contribution in [2.45, 2.75) is 51.7 Å². The van der Waals surface area contributed by atoms with E-state index >= 15 is 0 Å². The number of rotatable bonds is 3. The summed E-state index contributed by atoms with van der Waals surface area (Å²) >= 11 is 0. The number of aryl methyl sites for hydroxylation is 1. The molecule has 1 N–H and O–H groups in total. The predicted molar refractivity (Wildman–Crippen MR) is 75.8 cm³/mol. The van der Waals surface area contributed by atoms with Gasteiger partial charge in [0.2, 0.25) is 0 Å². The molecule has 2 aliphatic rings. The third-order valence-corrected chi connectivity index (χ3v) is 4.63.